The van der Waals surface area contributed by atoms with Crippen molar-refractivity contribution in [3.63, 3.8) is 0 Å². The molecule has 0 aliphatic rings. The van der Waals surface area contributed by atoms with Crippen LogP contribution in [-0.2, 0) is 4.79 Å². The molecule has 0 aliphatic carbocycles. The number of furan rings is 1. The molecule has 0 amide bonds. The van der Waals surface area contributed by atoms with Gasteiger partial charge in [-0.25, -0.2) is 10.2 Å². The van der Waals surface area contributed by atoms with Crippen LogP contribution in [0.1, 0.15) is 0 Å². The van der Waals surface area contributed by atoms with Gasteiger partial charge in [-0.05, 0) is 12.1 Å². The largest absolute Gasteiger partial charge is 0.473 e. The molecule has 0 bridgehead atoms. The standard InChI is InChI=1S/C4H4O.CHNO/c1-2-4-5-3-1;2-1-3/h1-4H;2H. The molecule has 3 nitrogen and oxygen atoms in total. The molecule has 1 rings (SSSR count). The summed E-state index contributed by atoms with van der Waals surface area (Å²) in [5.41, 5.74) is 0. The van der Waals surface area contributed by atoms with Crippen molar-refractivity contribution >= 4 is 6.08 Å². The predicted molar refractivity (Wildman–Crippen MR) is 27.1 cm³/mol. The van der Waals surface area contributed by atoms with E-state index in [1.807, 2.05) is 12.1 Å². The maximum atomic E-state index is 8.35. The van der Waals surface area contributed by atoms with Gasteiger partial charge < -0.3 is 4.42 Å². The number of carbonyl (C=O) groups excluding carboxylic acids is 1. The van der Waals surface area contributed by atoms with Crippen molar-refractivity contribution in [2.45, 2.75) is 0 Å². The summed E-state index contributed by atoms with van der Waals surface area (Å²) in [6.45, 7) is 0. The van der Waals surface area contributed by atoms with E-state index in [1.165, 1.54) is 0 Å². The highest BCUT2D eigenvalue weighted by Crippen LogP contribution is 1.79. The van der Waals surface area contributed by atoms with Gasteiger partial charge in [0.05, 0.1) is 12.5 Å². The van der Waals surface area contributed by atoms with Gasteiger partial charge in [0.1, 0.15) is 0 Å². The van der Waals surface area contributed by atoms with Crippen molar-refractivity contribution in [2.24, 2.45) is 0 Å². The topological polar surface area (TPSA) is 54.1 Å². The van der Waals surface area contributed by atoms with E-state index in [0.29, 0.717) is 0 Å². The van der Waals surface area contributed by atoms with Crippen LogP contribution in [0.25, 0.3) is 0 Å². The molecule has 0 radical (unpaired) electrons. The molecule has 42 valence electrons. The molecule has 1 heterocycles. The molecule has 8 heavy (non-hydrogen) atoms. The fourth-order valence-corrected chi connectivity index (χ4v) is 0.227. The van der Waals surface area contributed by atoms with Gasteiger partial charge in [-0.3, -0.25) is 0 Å². The third kappa shape index (κ3) is 4.66. The molecule has 0 atom stereocenters. The highest BCUT2D eigenvalue weighted by Gasteiger charge is 1.58. The highest BCUT2D eigenvalue weighted by molar-refractivity contribution is 5.26. The Morgan fingerprint density at radius 3 is 1.88 bits per heavy atom. The molecule has 0 aromatic carbocycles. The summed E-state index contributed by atoms with van der Waals surface area (Å²) in [6, 6.07) is 3.67. The maximum absolute atomic E-state index is 8.35. The van der Waals surface area contributed by atoms with Crippen LogP contribution in [0.3, 0.4) is 0 Å². The van der Waals surface area contributed by atoms with Crippen LogP contribution in [0.15, 0.2) is 29.1 Å². The molecule has 1 aromatic rings. The Hall–Kier alpha value is -1.34. The summed E-state index contributed by atoms with van der Waals surface area (Å²) >= 11 is 0. The molecule has 0 aliphatic heterocycles. The monoisotopic (exact) mass is 111 g/mol. The fraction of sp³-hybridized carbons (Fsp3) is 0. The highest BCUT2D eigenvalue weighted by atomic mass is 16.3. The zero-order valence-electron chi connectivity index (χ0n) is 4.13. The average molecular weight is 111 g/mol. The van der Waals surface area contributed by atoms with Crippen LogP contribution < -0.4 is 0 Å². The second kappa shape index (κ2) is 5.66. The lowest BCUT2D eigenvalue weighted by atomic mass is 10.7. The Morgan fingerprint density at radius 2 is 1.75 bits per heavy atom. The van der Waals surface area contributed by atoms with Crippen molar-refractivity contribution < 1.29 is 9.21 Å². The number of isocyanates is 1. The van der Waals surface area contributed by atoms with Gasteiger partial charge in [0.25, 0.3) is 0 Å². The molecular weight excluding hydrogens is 106 g/mol. The van der Waals surface area contributed by atoms with Gasteiger partial charge in [-0.15, -0.1) is 0 Å². The van der Waals surface area contributed by atoms with E-state index in [2.05, 4.69) is 4.42 Å². The summed E-state index contributed by atoms with van der Waals surface area (Å²) in [5.74, 6) is 0. The van der Waals surface area contributed by atoms with Crippen LogP contribution in [-0.4, -0.2) is 6.08 Å². The minimum absolute atomic E-state index is 0.750. The lowest BCUT2D eigenvalue weighted by molar-refractivity contribution is 0.562. The summed E-state index contributed by atoms with van der Waals surface area (Å²) in [4.78, 5) is 8.35. The second-order valence-corrected chi connectivity index (χ2v) is 0.895. The third-order valence-electron chi connectivity index (χ3n) is 0.425. The molecule has 3 heteroatoms. The maximum Gasteiger partial charge on any atom is 0.231 e. The van der Waals surface area contributed by atoms with Crippen LogP contribution in [0.4, 0.5) is 0 Å². The van der Waals surface area contributed by atoms with Crippen LogP contribution in [0.2, 0.25) is 0 Å². The van der Waals surface area contributed by atoms with Gasteiger partial charge in [-0.1, -0.05) is 0 Å². The molecule has 0 fully saturated rings. The van der Waals surface area contributed by atoms with Gasteiger partial charge in [-0.2, -0.15) is 0 Å². The van der Waals surface area contributed by atoms with Crippen molar-refractivity contribution in [3.05, 3.63) is 24.7 Å². The van der Waals surface area contributed by atoms with E-state index in [0.717, 1.165) is 6.08 Å². The van der Waals surface area contributed by atoms with Crippen molar-refractivity contribution in [2.75, 3.05) is 0 Å². The predicted octanol–water partition coefficient (Wildman–Crippen LogP) is 1.18. The zero-order valence-corrected chi connectivity index (χ0v) is 4.13. The van der Waals surface area contributed by atoms with Crippen molar-refractivity contribution in [1.29, 1.82) is 5.41 Å². The van der Waals surface area contributed by atoms with Gasteiger partial charge in [0, 0.05) is 0 Å². The van der Waals surface area contributed by atoms with E-state index in [-0.39, 0.29) is 0 Å². The first-order chi connectivity index (χ1) is 3.91. The van der Waals surface area contributed by atoms with Crippen LogP contribution in [0.5, 0.6) is 0 Å². The Morgan fingerprint density at radius 1 is 1.38 bits per heavy atom. The Balaban J connectivity index is 0.000000145. The molecule has 0 saturated carbocycles. The Kier molecular flexibility index (Phi) is 4.71. The molecule has 0 saturated heterocycles. The normalized spacial score (nSPS) is 6.00. The van der Waals surface area contributed by atoms with Crippen LogP contribution >= 0.6 is 0 Å². The Bertz CT molecular complexity index is 122. The lowest BCUT2D eigenvalue weighted by Crippen LogP contribution is -1.16. The van der Waals surface area contributed by atoms with E-state index >= 15 is 0 Å². The van der Waals surface area contributed by atoms with Crippen molar-refractivity contribution in [1.82, 2.24) is 0 Å². The number of nitrogens with one attached hydrogen (secondary N) is 1. The summed E-state index contributed by atoms with van der Waals surface area (Å²) < 4.78 is 4.58. The quantitative estimate of drug-likeness (QED) is 0.403. The molecule has 1 N–H and O–H groups in total. The molecule has 1 aromatic heterocycles. The number of hydrogen-bond acceptors (Lipinski definition) is 3. The zero-order chi connectivity index (χ0) is 6.24. The average Bonchev–Trinajstić information content (AvgIpc) is 2.17. The summed E-state index contributed by atoms with van der Waals surface area (Å²) in [6.07, 6.45) is 4.00. The SMILES string of the molecule is N=C=O.c1ccoc1. The van der Waals surface area contributed by atoms with E-state index < -0.39 is 0 Å². The lowest BCUT2D eigenvalue weighted by Gasteiger charge is -1.50. The number of rotatable bonds is 0. The van der Waals surface area contributed by atoms with E-state index in [4.69, 9.17) is 10.2 Å². The molecule has 0 spiro atoms. The summed E-state index contributed by atoms with van der Waals surface area (Å²) in [7, 11) is 0. The van der Waals surface area contributed by atoms with Gasteiger partial charge in [0.2, 0.25) is 6.08 Å². The van der Waals surface area contributed by atoms with Crippen LogP contribution in [0, 0.1) is 5.41 Å². The Labute approximate surface area is 46.4 Å². The first kappa shape index (κ1) is 6.66. The fourth-order valence-electron chi connectivity index (χ4n) is 0.227. The number of hydrogen-bond donors (Lipinski definition) is 1. The first-order valence-electron chi connectivity index (χ1n) is 1.93. The summed E-state index contributed by atoms with van der Waals surface area (Å²) in [5, 5.41) is 5.40. The van der Waals surface area contributed by atoms with E-state index in [9.17, 15) is 0 Å². The smallest absolute Gasteiger partial charge is 0.231 e. The third-order valence-corrected chi connectivity index (χ3v) is 0.425. The minimum atomic E-state index is 0.750. The minimum Gasteiger partial charge on any atom is -0.473 e. The molecule has 0 unspecified atom stereocenters. The first-order valence-corrected chi connectivity index (χ1v) is 1.93. The second-order valence-electron chi connectivity index (χ2n) is 0.895. The van der Waals surface area contributed by atoms with Crippen molar-refractivity contribution in [3.8, 4) is 0 Å². The van der Waals surface area contributed by atoms with Gasteiger partial charge >= 0.3 is 0 Å². The van der Waals surface area contributed by atoms with E-state index in [1.54, 1.807) is 12.5 Å². The molecular formula is C5H5NO2. The van der Waals surface area contributed by atoms with Gasteiger partial charge in [0.15, 0.2) is 0 Å².